The predicted molar refractivity (Wildman–Crippen MR) is 65.5 cm³/mol. The molecule has 5 nitrogen and oxygen atoms in total. The molecule has 0 bridgehead atoms. The van der Waals surface area contributed by atoms with E-state index in [1.807, 2.05) is 0 Å². The molecule has 0 amide bonds. The van der Waals surface area contributed by atoms with Crippen LogP contribution in [0, 0.1) is 17.2 Å². The minimum absolute atomic E-state index is 0.517. The Hall–Kier alpha value is -1.67. The van der Waals surface area contributed by atoms with Crippen LogP contribution in [0.1, 0.15) is 25.8 Å². The Labute approximate surface area is 102 Å². The van der Waals surface area contributed by atoms with Crippen LogP contribution >= 0.6 is 0 Å². The lowest BCUT2D eigenvalue weighted by atomic mass is 10.2. The first-order valence-electron chi connectivity index (χ1n) is 5.77. The maximum Gasteiger partial charge on any atom is 0.166 e. The summed E-state index contributed by atoms with van der Waals surface area (Å²) in [6, 6.07) is 3.71. The van der Waals surface area contributed by atoms with Gasteiger partial charge in [0.2, 0.25) is 0 Å². The van der Waals surface area contributed by atoms with E-state index in [9.17, 15) is 0 Å². The van der Waals surface area contributed by atoms with E-state index >= 15 is 0 Å². The van der Waals surface area contributed by atoms with Gasteiger partial charge in [-0.3, -0.25) is 0 Å². The van der Waals surface area contributed by atoms with E-state index in [0.29, 0.717) is 23.9 Å². The lowest BCUT2D eigenvalue weighted by molar-refractivity contribution is 0.110. The van der Waals surface area contributed by atoms with Crippen LogP contribution in [0.25, 0.3) is 0 Å². The van der Waals surface area contributed by atoms with Gasteiger partial charge in [0, 0.05) is 19.8 Å². The monoisotopic (exact) mass is 234 g/mol. The van der Waals surface area contributed by atoms with Crippen LogP contribution in [0.4, 0.5) is 5.82 Å². The van der Waals surface area contributed by atoms with Crippen LogP contribution in [0.2, 0.25) is 0 Å². The summed E-state index contributed by atoms with van der Waals surface area (Å²) in [5.41, 5.74) is 0.517. The van der Waals surface area contributed by atoms with Gasteiger partial charge in [-0.2, -0.15) is 10.4 Å². The van der Waals surface area contributed by atoms with Gasteiger partial charge in [0.25, 0.3) is 0 Å². The normalized spacial score (nSPS) is 10.2. The molecule has 1 rings (SSSR count). The van der Waals surface area contributed by atoms with E-state index in [0.717, 1.165) is 19.6 Å². The molecule has 92 valence electrons. The third-order valence-electron chi connectivity index (χ3n) is 2.05. The molecule has 0 spiro atoms. The molecule has 0 aliphatic carbocycles. The van der Waals surface area contributed by atoms with Gasteiger partial charge in [0.15, 0.2) is 5.82 Å². The molecule has 0 fully saturated rings. The van der Waals surface area contributed by atoms with Crippen molar-refractivity contribution >= 4 is 5.82 Å². The first-order valence-corrected chi connectivity index (χ1v) is 5.77. The minimum Gasteiger partial charge on any atom is -0.381 e. The SMILES string of the molecule is CC(C)COCCCNc1nnccc1C#N. The first kappa shape index (κ1) is 13.4. The van der Waals surface area contributed by atoms with E-state index in [2.05, 4.69) is 35.4 Å². The number of rotatable bonds is 7. The summed E-state index contributed by atoms with van der Waals surface area (Å²) >= 11 is 0. The number of hydrogen-bond donors (Lipinski definition) is 1. The van der Waals surface area contributed by atoms with Crippen LogP contribution in [0.5, 0.6) is 0 Å². The molecule has 0 radical (unpaired) electrons. The van der Waals surface area contributed by atoms with Gasteiger partial charge in [0.1, 0.15) is 6.07 Å². The molecule has 0 saturated carbocycles. The van der Waals surface area contributed by atoms with Gasteiger partial charge >= 0.3 is 0 Å². The van der Waals surface area contributed by atoms with Crippen molar-refractivity contribution in [2.75, 3.05) is 25.1 Å². The van der Waals surface area contributed by atoms with Crippen LogP contribution in [0.15, 0.2) is 12.3 Å². The van der Waals surface area contributed by atoms with Crippen LogP contribution in [-0.4, -0.2) is 30.0 Å². The third-order valence-corrected chi connectivity index (χ3v) is 2.05. The van der Waals surface area contributed by atoms with Crippen molar-refractivity contribution in [2.45, 2.75) is 20.3 Å². The highest BCUT2D eigenvalue weighted by atomic mass is 16.5. The van der Waals surface area contributed by atoms with Crippen molar-refractivity contribution in [2.24, 2.45) is 5.92 Å². The number of aromatic nitrogens is 2. The number of nitrogens with zero attached hydrogens (tertiary/aromatic N) is 3. The number of nitrogens with one attached hydrogen (secondary N) is 1. The summed E-state index contributed by atoms with van der Waals surface area (Å²) in [5, 5.41) is 19.5. The largest absolute Gasteiger partial charge is 0.381 e. The Morgan fingerprint density at radius 1 is 1.53 bits per heavy atom. The van der Waals surface area contributed by atoms with Crippen molar-refractivity contribution < 1.29 is 4.74 Å². The first-order chi connectivity index (χ1) is 8.24. The Morgan fingerprint density at radius 3 is 3.06 bits per heavy atom. The fraction of sp³-hybridized carbons (Fsp3) is 0.583. The van der Waals surface area contributed by atoms with E-state index in [1.54, 1.807) is 6.07 Å². The topological polar surface area (TPSA) is 70.8 Å². The lowest BCUT2D eigenvalue weighted by Crippen LogP contribution is -2.10. The predicted octanol–water partition coefficient (Wildman–Crippen LogP) is 1.82. The highest BCUT2D eigenvalue weighted by Gasteiger charge is 2.01. The second kappa shape index (κ2) is 7.58. The fourth-order valence-corrected chi connectivity index (χ4v) is 1.25. The van der Waals surface area contributed by atoms with Crippen LogP contribution in [0.3, 0.4) is 0 Å². The molecule has 0 aliphatic heterocycles. The fourth-order valence-electron chi connectivity index (χ4n) is 1.25. The zero-order valence-electron chi connectivity index (χ0n) is 10.3. The van der Waals surface area contributed by atoms with Crippen molar-refractivity contribution in [1.82, 2.24) is 10.2 Å². The Bertz CT molecular complexity index is 373. The summed E-state index contributed by atoms with van der Waals surface area (Å²) in [7, 11) is 0. The van der Waals surface area contributed by atoms with Gasteiger partial charge < -0.3 is 10.1 Å². The van der Waals surface area contributed by atoms with Gasteiger partial charge in [0.05, 0.1) is 11.8 Å². The molecule has 0 atom stereocenters. The van der Waals surface area contributed by atoms with Crippen molar-refractivity contribution in [3.8, 4) is 6.07 Å². The molecule has 17 heavy (non-hydrogen) atoms. The van der Waals surface area contributed by atoms with E-state index in [4.69, 9.17) is 10.00 Å². The van der Waals surface area contributed by atoms with E-state index in [1.165, 1.54) is 6.20 Å². The molecular formula is C12H18N4O. The third kappa shape index (κ3) is 5.27. The minimum atomic E-state index is 0.517. The standard InChI is InChI=1S/C12H18N4O/c1-10(2)9-17-7-3-5-14-12-11(8-13)4-6-15-16-12/h4,6,10H,3,5,7,9H2,1-2H3,(H,14,16). The maximum absolute atomic E-state index is 8.84. The summed E-state index contributed by atoms with van der Waals surface area (Å²) in [6.45, 7) is 6.47. The summed E-state index contributed by atoms with van der Waals surface area (Å²) in [4.78, 5) is 0. The van der Waals surface area contributed by atoms with Crippen molar-refractivity contribution in [3.05, 3.63) is 17.8 Å². The smallest absolute Gasteiger partial charge is 0.166 e. The number of ether oxygens (including phenoxy) is 1. The molecule has 0 unspecified atom stereocenters. The number of anilines is 1. The van der Waals surface area contributed by atoms with E-state index in [-0.39, 0.29) is 0 Å². The molecule has 1 heterocycles. The van der Waals surface area contributed by atoms with Gasteiger partial charge in [-0.1, -0.05) is 13.8 Å². The summed E-state index contributed by atoms with van der Waals surface area (Å²) in [6.07, 6.45) is 2.39. The zero-order valence-corrected chi connectivity index (χ0v) is 10.3. The molecule has 0 aliphatic rings. The van der Waals surface area contributed by atoms with Gasteiger partial charge in [-0.25, -0.2) is 0 Å². The maximum atomic E-state index is 8.84. The zero-order chi connectivity index (χ0) is 12.5. The second-order valence-electron chi connectivity index (χ2n) is 4.15. The molecule has 1 aromatic rings. The van der Waals surface area contributed by atoms with Gasteiger partial charge in [-0.15, -0.1) is 5.10 Å². The Kier molecular flexibility index (Phi) is 5.97. The highest BCUT2D eigenvalue weighted by molar-refractivity contribution is 5.49. The molecule has 1 aromatic heterocycles. The van der Waals surface area contributed by atoms with E-state index < -0.39 is 0 Å². The Balaban J connectivity index is 2.20. The molecular weight excluding hydrogens is 216 g/mol. The summed E-state index contributed by atoms with van der Waals surface area (Å²) < 4.78 is 5.45. The van der Waals surface area contributed by atoms with Crippen LogP contribution in [-0.2, 0) is 4.74 Å². The average Bonchev–Trinajstić information content (AvgIpc) is 2.33. The van der Waals surface area contributed by atoms with Crippen molar-refractivity contribution in [1.29, 1.82) is 5.26 Å². The number of nitriles is 1. The highest BCUT2D eigenvalue weighted by Crippen LogP contribution is 2.07. The number of hydrogen-bond acceptors (Lipinski definition) is 5. The van der Waals surface area contributed by atoms with Crippen molar-refractivity contribution in [3.63, 3.8) is 0 Å². The molecule has 0 aromatic carbocycles. The van der Waals surface area contributed by atoms with Crippen LogP contribution < -0.4 is 5.32 Å². The average molecular weight is 234 g/mol. The molecule has 5 heteroatoms. The quantitative estimate of drug-likeness (QED) is 0.729. The summed E-state index contributed by atoms with van der Waals surface area (Å²) in [5.74, 6) is 1.10. The Morgan fingerprint density at radius 2 is 2.35 bits per heavy atom. The molecule has 0 saturated heterocycles. The second-order valence-corrected chi connectivity index (χ2v) is 4.15. The lowest BCUT2D eigenvalue weighted by Gasteiger charge is -2.08. The van der Waals surface area contributed by atoms with Gasteiger partial charge in [-0.05, 0) is 18.4 Å². The molecule has 1 N–H and O–H groups in total.